The molecule has 4 nitrogen and oxygen atoms in total. The summed E-state index contributed by atoms with van der Waals surface area (Å²) < 4.78 is 12.7. The monoisotopic (exact) mass is 259 g/mol. The number of anilines is 2. The molecule has 0 unspecified atom stereocenters. The van der Waals surface area contributed by atoms with Crippen molar-refractivity contribution >= 4 is 17.4 Å². The number of hydrogen-bond donors (Lipinski definition) is 2. The van der Waals surface area contributed by atoms with Gasteiger partial charge in [-0.1, -0.05) is 6.07 Å². The molecule has 2 N–H and O–H groups in total. The fourth-order valence-corrected chi connectivity index (χ4v) is 1.70. The number of carbonyl (C=O) groups excluding carboxylic acids is 1. The maximum absolute atomic E-state index is 12.7. The van der Waals surface area contributed by atoms with E-state index in [2.05, 4.69) is 15.6 Å². The van der Waals surface area contributed by atoms with Crippen LogP contribution >= 0.6 is 0 Å². The molecule has 0 spiro atoms. The highest BCUT2D eigenvalue weighted by atomic mass is 19.1. The third-order valence-corrected chi connectivity index (χ3v) is 2.66. The van der Waals surface area contributed by atoms with E-state index in [1.165, 1.54) is 12.1 Å². The molecule has 1 heterocycles. The summed E-state index contributed by atoms with van der Waals surface area (Å²) in [5.74, 6) is -0.415. The van der Waals surface area contributed by atoms with Crippen LogP contribution in [0.5, 0.6) is 0 Å². The van der Waals surface area contributed by atoms with Crippen molar-refractivity contribution in [3.63, 3.8) is 0 Å². The second-order valence-electron chi connectivity index (χ2n) is 4.11. The molecule has 0 aliphatic heterocycles. The smallest absolute Gasteiger partial charge is 0.258 e. The second kappa shape index (κ2) is 5.48. The van der Waals surface area contributed by atoms with Crippen molar-refractivity contribution in [1.82, 2.24) is 4.98 Å². The van der Waals surface area contributed by atoms with Crippen molar-refractivity contribution < 1.29 is 9.18 Å². The molecule has 0 bridgehead atoms. The predicted octanol–water partition coefficient (Wildman–Crippen LogP) is 2.82. The summed E-state index contributed by atoms with van der Waals surface area (Å²) in [5, 5.41) is 5.59. The maximum Gasteiger partial charge on any atom is 0.258 e. The number of carbonyl (C=O) groups is 1. The molecule has 0 saturated carbocycles. The van der Waals surface area contributed by atoms with Gasteiger partial charge >= 0.3 is 0 Å². The molecule has 0 radical (unpaired) electrons. The zero-order chi connectivity index (χ0) is 13.8. The molecule has 98 valence electrons. The molecule has 2 aromatic rings. The summed E-state index contributed by atoms with van der Waals surface area (Å²) in [6.07, 6.45) is 1.06. The SMILES string of the molecule is CNc1cc(C)ccc1C(=O)Nc1ccc(F)cn1. The number of aromatic nitrogens is 1. The van der Waals surface area contributed by atoms with E-state index in [4.69, 9.17) is 0 Å². The standard InChI is InChI=1S/C14H14FN3O/c1-9-3-5-11(12(7-9)16-2)14(19)18-13-6-4-10(15)8-17-13/h3-8,16H,1-2H3,(H,17,18,19). The lowest BCUT2D eigenvalue weighted by Gasteiger charge is -2.10. The maximum atomic E-state index is 12.7. The van der Waals surface area contributed by atoms with Gasteiger partial charge in [-0.3, -0.25) is 4.79 Å². The number of nitrogens with zero attached hydrogens (tertiary/aromatic N) is 1. The van der Waals surface area contributed by atoms with Gasteiger partial charge in [0.2, 0.25) is 0 Å². The summed E-state index contributed by atoms with van der Waals surface area (Å²) in [5.41, 5.74) is 2.31. The zero-order valence-electron chi connectivity index (χ0n) is 10.7. The quantitative estimate of drug-likeness (QED) is 0.891. The van der Waals surface area contributed by atoms with Crippen LogP contribution < -0.4 is 10.6 Å². The number of halogens is 1. The number of benzene rings is 1. The zero-order valence-corrected chi connectivity index (χ0v) is 10.7. The molecule has 1 amide bonds. The molecule has 0 aliphatic rings. The minimum atomic E-state index is -0.441. The van der Waals surface area contributed by atoms with Crippen LogP contribution in [0.3, 0.4) is 0 Å². The Hall–Kier alpha value is -2.43. The predicted molar refractivity (Wildman–Crippen MR) is 72.9 cm³/mol. The molecule has 0 saturated heterocycles. The first-order valence-electron chi connectivity index (χ1n) is 5.81. The Bertz CT molecular complexity index is 596. The molecule has 1 aromatic heterocycles. The Kier molecular flexibility index (Phi) is 3.75. The van der Waals surface area contributed by atoms with Crippen LogP contribution in [-0.4, -0.2) is 17.9 Å². The first-order chi connectivity index (χ1) is 9.10. The van der Waals surface area contributed by atoms with E-state index in [9.17, 15) is 9.18 Å². The summed E-state index contributed by atoms with van der Waals surface area (Å²) in [4.78, 5) is 15.9. The van der Waals surface area contributed by atoms with Crippen LogP contribution in [0.25, 0.3) is 0 Å². The lowest BCUT2D eigenvalue weighted by molar-refractivity contribution is 0.102. The molecule has 0 atom stereocenters. The van der Waals surface area contributed by atoms with E-state index < -0.39 is 5.82 Å². The molecule has 0 aliphatic carbocycles. The van der Waals surface area contributed by atoms with E-state index in [1.54, 1.807) is 13.1 Å². The van der Waals surface area contributed by atoms with Crippen LogP contribution in [0.1, 0.15) is 15.9 Å². The van der Waals surface area contributed by atoms with Gasteiger partial charge in [0.15, 0.2) is 0 Å². The average Bonchev–Trinajstić information content (AvgIpc) is 2.41. The average molecular weight is 259 g/mol. The Morgan fingerprint density at radius 1 is 1.26 bits per heavy atom. The van der Waals surface area contributed by atoms with E-state index >= 15 is 0 Å². The fourth-order valence-electron chi connectivity index (χ4n) is 1.70. The highest BCUT2D eigenvalue weighted by Crippen LogP contribution is 2.18. The van der Waals surface area contributed by atoms with Crippen molar-refractivity contribution in [2.24, 2.45) is 0 Å². The summed E-state index contributed by atoms with van der Waals surface area (Å²) in [7, 11) is 1.75. The largest absolute Gasteiger partial charge is 0.387 e. The fraction of sp³-hybridized carbons (Fsp3) is 0.143. The van der Waals surface area contributed by atoms with E-state index in [1.807, 2.05) is 19.1 Å². The lowest BCUT2D eigenvalue weighted by atomic mass is 10.1. The molecule has 1 aromatic carbocycles. The van der Waals surface area contributed by atoms with Gasteiger partial charge in [-0.15, -0.1) is 0 Å². The van der Waals surface area contributed by atoms with E-state index in [-0.39, 0.29) is 5.91 Å². The summed E-state index contributed by atoms with van der Waals surface area (Å²) in [6.45, 7) is 1.95. The minimum absolute atomic E-state index is 0.288. The molecule has 0 fully saturated rings. The topological polar surface area (TPSA) is 54.0 Å². The van der Waals surface area contributed by atoms with Crippen LogP contribution in [0, 0.1) is 12.7 Å². The first-order valence-corrected chi connectivity index (χ1v) is 5.81. The normalized spacial score (nSPS) is 10.1. The van der Waals surface area contributed by atoms with Gasteiger partial charge in [-0.25, -0.2) is 9.37 Å². The van der Waals surface area contributed by atoms with Crippen LogP contribution in [-0.2, 0) is 0 Å². The molecule has 19 heavy (non-hydrogen) atoms. The Balaban J connectivity index is 2.22. The Morgan fingerprint density at radius 2 is 2.05 bits per heavy atom. The minimum Gasteiger partial charge on any atom is -0.387 e. The Labute approximate surface area is 110 Å². The molecular formula is C14H14FN3O. The molecule has 2 rings (SSSR count). The summed E-state index contributed by atoms with van der Waals surface area (Å²) >= 11 is 0. The number of aryl methyl sites for hydroxylation is 1. The van der Waals surface area contributed by atoms with Crippen LogP contribution in [0.2, 0.25) is 0 Å². The van der Waals surface area contributed by atoms with Crippen molar-refractivity contribution in [3.05, 3.63) is 53.5 Å². The molecular weight excluding hydrogens is 245 g/mol. The van der Waals surface area contributed by atoms with Gasteiger partial charge in [0.25, 0.3) is 5.91 Å². The van der Waals surface area contributed by atoms with Crippen molar-refractivity contribution in [2.45, 2.75) is 6.92 Å². The van der Waals surface area contributed by atoms with E-state index in [0.717, 1.165) is 17.4 Å². The van der Waals surface area contributed by atoms with Gasteiger partial charge < -0.3 is 10.6 Å². The van der Waals surface area contributed by atoms with Gasteiger partial charge in [-0.05, 0) is 36.8 Å². The van der Waals surface area contributed by atoms with Gasteiger partial charge in [0.1, 0.15) is 11.6 Å². The van der Waals surface area contributed by atoms with Crippen LogP contribution in [0.4, 0.5) is 15.9 Å². The van der Waals surface area contributed by atoms with Gasteiger partial charge in [-0.2, -0.15) is 0 Å². The van der Waals surface area contributed by atoms with Crippen molar-refractivity contribution in [2.75, 3.05) is 17.7 Å². The van der Waals surface area contributed by atoms with E-state index in [0.29, 0.717) is 11.4 Å². The van der Waals surface area contributed by atoms with Gasteiger partial charge in [0, 0.05) is 12.7 Å². The third-order valence-electron chi connectivity index (χ3n) is 2.66. The molecule has 5 heteroatoms. The van der Waals surface area contributed by atoms with Crippen molar-refractivity contribution in [3.8, 4) is 0 Å². The third kappa shape index (κ3) is 3.07. The number of pyridine rings is 1. The van der Waals surface area contributed by atoms with Crippen LogP contribution in [0.15, 0.2) is 36.5 Å². The number of amides is 1. The number of rotatable bonds is 3. The van der Waals surface area contributed by atoms with Gasteiger partial charge in [0.05, 0.1) is 11.8 Å². The Morgan fingerprint density at radius 3 is 2.68 bits per heavy atom. The first kappa shape index (κ1) is 13.0. The summed E-state index contributed by atoms with van der Waals surface area (Å²) in [6, 6.07) is 8.14. The highest BCUT2D eigenvalue weighted by Gasteiger charge is 2.11. The number of hydrogen-bond acceptors (Lipinski definition) is 3. The lowest BCUT2D eigenvalue weighted by Crippen LogP contribution is -2.15. The number of nitrogens with one attached hydrogen (secondary N) is 2. The highest BCUT2D eigenvalue weighted by molar-refractivity contribution is 6.07. The second-order valence-corrected chi connectivity index (χ2v) is 4.11. The van der Waals surface area contributed by atoms with Crippen molar-refractivity contribution in [1.29, 1.82) is 0 Å².